The fourth-order valence-electron chi connectivity index (χ4n) is 7.94. The largest absolute Gasteiger partial charge is 0.457 e. The van der Waals surface area contributed by atoms with Crippen molar-refractivity contribution in [2.24, 2.45) is 0 Å². The molecule has 0 saturated carbocycles. The van der Waals surface area contributed by atoms with Crippen molar-refractivity contribution in [1.82, 2.24) is 9.97 Å². The van der Waals surface area contributed by atoms with E-state index in [-0.39, 0.29) is 0 Å². The molecule has 1 aliphatic carbocycles. The third-order valence-electron chi connectivity index (χ3n) is 10.2. The number of fused-ring (bicyclic) bond motifs is 9. The first-order valence-corrected chi connectivity index (χ1v) is 17.0. The summed E-state index contributed by atoms with van der Waals surface area (Å²) in [5.41, 5.74) is 13.9. The smallest absolute Gasteiger partial charge is 0.160 e. The van der Waals surface area contributed by atoms with Crippen LogP contribution in [-0.4, -0.2) is 9.97 Å². The average Bonchev–Trinajstić information content (AvgIpc) is 3.48. The number of nitrogens with zero attached hydrogens (tertiary/aromatic N) is 2. The Hall–Kier alpha value is -6.58. The van der Waals surface area contributed by atoms with Crippen molar-refractivity contribution in [3.8, 4) is 67.7 Å². The Morgan fingerprint density at radius 2 is 0.820 bits per heavy atom. The summed E-state index contributed by atoms with van der Waals surface area (Å²) < 4.78 is 6.55. The van der Waals surface area contributed by atoms with Gasteiger partial charge >= 0.3 is 0 Å². The molecular formula is C47H30N2O. The molecule has 0 N–H and O–H groups in total. The van der Waals surface area contributed by atoms with Crippen molar-refractivity contribution in [3.05, 3.63) is 204 Å². The zero-order valence-corrected chi connectivity index (χ0v) is 27.1. The summed E-state index contributed by atoms with van der Waals surface area (Å²) >= 11 is 0. The SMILES string of the molecule is c1ccc(-c2ccc(-c3cc(-c4ccc5c(c4)C4(c6ccccc6Oc6ccccc64)c4ccccc4-5)nc(-c4ccccc4)n3)cc2)cc1. The molecule has 234 valence electrons. The lowest BCUT2D eigenvalue weighted by atomic mass is 9.66. The molecule has 2 aliphatic rings. The minimum atomic E-state index is -0.543. The molecule has 3 nitrogen and oxygen atoms in total. The lowest BCUT2D eigenvalue weighted by molar-refractivity contribution is 0.436. The summed E-state index contributed by atoms with van der Waals surface area (Å²) in [5, 5.41) is 0. The molecule has 2 heterocycles. The van der Waals surface area contributed by atoms with E-state index in [4.69, 9.17) is 14.7 Å². The predicted octanol–water partition coefficient (Wildman–Crippen LogP) is 11.6. The van der Waals surface area contributed by atoms with Crippen molar-refractivity contribution in [3.63, 3.8) is 0 Å². The Balaban J connectivity index is 1.19. The molecule has 0 unspecified atom stereocenters. The van der Waals surface area contributed by atoms with Crippen molar-refractivity contribution in [1.29, 1.82) is 0 Å². The van der Waals surface area contributed by atoms with Crippen LogP contribution in [0.25, 0.3) is 56.2 Å². The molecule has 0 amide bonds. The van der Waals surface area contributed by atoms with E-state index in [1.807, 2.05) is 24.3 Å². The van der Waals surface area contributed by atoms with Crippen molar-refractivity contribution >= 4 is 0 Å². The predicted molar refractivity (Wildman–Crippen MR) is 201 cm³/mol. The van der Waals surface area contributed by atoms with E-state index in [1.54, 1.807) is 0 Å². The van der Waals surface area contributed by atoms with Crippen LogP contribution in [-0.2, 0) is 5.41 Å². The molecule has 1 spiro atoms. The van der Waals surface area contributed by atoms with Crippen LogP contribution in [0.5, 0.6) is 11.5 Å². The lowest BCUT2D eigenvalue weighted by Gasteiger charge is -2.39. The molecule has 1 aromatic heterocycles. The first kappa shape index (κ1) is 28.4. The average molecular weight is 639 g/mol. The maximum absolute atomic E-state index is 6.55. The van der Waals surface area contributed by atoms with Gasteiger partial charge in [-0.05, 0) is 57.6 Å². The van der Waals surface area contributed by atoms with Crippen LogP contribution >= 0.6 is 0 Å². The summed E-state index contributed by atoms with van der Waals surface area (Å²) in [6, 6.07) is 64.1. The number of hydrogen-bond donors (Lipinski definition) is 0. The summed E-state index contributed by atoms with van der Waals surface area (Å²) in [4.78, 5) is 10.3. The van der Waals surface area contributed by atoms with Gasteiger partial charge in [0.15, 0.2) is 5.82 Å². The molecule has 8 aromatic rings. The number of benzene rings is 7. The second kappa shape index (κ2) is 11.3. The molecule has 0 radical (unpaired) electrons. The monoisotopic (exact) mass is 638 g/mol. The molecule has 0 saturated heterocycles. The molecule has 7 aromatic carbocycles. The normalized spacial score (nSPS) is 13.1. The second-order valence-corrected chi connectivity index (χ2v) is 12.9. The van der Waals surface area contributed by atoms with E-state index >= 15 is 0 Å². The molecule has 1 aliphatic heterocycles. The van der Waals surface area contributed by atoms with Crippen molar-refractivity contribution < 1.29 is 4.74 Å². The van der Waals surface area contributed by atoms with Gasteiger partial charge in [-0.3, -0.25) is 0 Å². The van der Waals surface area contributed by atoms with Gasteiger partial charge in [0.25, 0.3) is 0 Å². The number of ether oxygens (including phenoxy) is 1. The van der Waals surface area contributed by atoms with Gasteiger partial charge in [-0.25, -0.2) is 9.97 Å². The van der Waals surface area contributed by atoms with E-state index in [0.29, 0.717) is 5.82 Å². The summed E-state index contributed by atoms with van der Waals surface area (Å²) in [6.07, 6.45) is 0. The lowest BCUT2D eigenvalue weighted by Crippen LogP contribution is -2.32. The van der Waals surface area contributed by atoms with Crippen LogP contribution in [0, 0.1) is 0 Å². The standard InChI is InChI=1S/C47H30N2O/c1-3-13-31(14-4-1)32-23-25-33(26-24-32)42-30-43(49-46(48-42)34-15-5-2-6-16-34)35-27-28-37-36-17-7-8-18-38(36)47(41(37)29-35)39-19-9-11-21-44(39)50-45-22-12-10-20-40(45)47/h1-30H. The molecule has 0 atom stereocenters. The van der Waals surface area contributed by atoms with E-state index in [2.05, 4.69) is 158 Å². The molecule has 50 heavy (non-hydrogen) atoms. The Bertz CT molecular complexity index is 2510. The van der Waals surface area contributed by atoms with E-state index in [9.17, 15) is 0 Å². The first-order chi connectivity index (χ1) is 24.8. The Morgan fingerprint density at radius 1 is 0.340 bits per heavy atom. The highest BCUT2D eigenvalue weighted by molar-refractivity contribution is 5.90. The summed E-state index contributed by atoms with van der Waals surface area (Å²) in [6.45, 7) is 0. The Kier molecular flexibility index (Phi) is 6.40. The van der Waals surface area contributed by atoms with Gasteiger partial charge in [-0.2, -0.15) is 0 Å². The zero-order valence-electron chi connectivity index (χ0n) is 27.1. The third-order valence-corrected chi connectivity index (χ3v) is 10.2. The quantitative estimate of drug-likeness (QED) is 0.192. The van der Waals surface area contributed by atoms with Gasteiger partial charge in [-0.15, -0.1) is 0 Å². The van der Waals surface area contributed by atoms with Crippen molar-refractivity contribution in [2.75, 3.05) is 0 Å². The molecule has 0 fully saturated rings. The number of hydrogen-bond acceptors (Lipinski definition) is 3. The zero-order chi connectivity index (χ0) is 33.1. The topological polar surface area (TPSA) is 35.0 Å². The van der Waals surface area contributed by atoms with Crippen LogP contribution in [0.2, 0.25) is 0 Å². The second-order valence-electron chi connectivity index (χ2n) is 12.9. The van der Waals surface area contributed by atoms with Crippen LogP contribution in [0.15, 0.2) is 182 Å². The van der Waals surface area contributed by atoms with Crippen LogP contribution in [0.4, 0.5) is 0 Å². The highest BCUT2D eigenvalue weighted by Gasteiger charge is 2.51. The minimum Gasteiger partial charge on any atom is -0.457 e. The molecular weight excluding hydrogens is 609 g/mol. The van der Waals surface area contributed by atoms with Gasteiger partial charge in [0.05, 0.1) is 16.8 Å². The fourth-order valence-corrected chi connectivity index (χ4v) is 7.94. The van der Waals surface area contributed by atoms with Gasteiger partial charge in [0.1, 0.15) is 11.5 Å². The van der Waals surface area contributed by atoms with Crippen LogP contribution < -0.4 is 4.74 Å². The number of aromatic nitrogens is 2. The molecule has 0 bridgehead atoms. The highest BCUT2D eigenvalue weighted by Crippen LogP contribution is 2.62. The Morgan fingerprint density at radius 3 is 1.50 bits per heavy atom. The van der Waals surface area contributed by atoms with E-state index in [0.717, 1.165) is 50.7 Å². The molecule has 10 rings (SSSR count). The first-order valence-electron chi connectivity index (χ1n) is 17.0. The highest BCUT2D eigenvalue weighted by atomic mass is 16.5. The van der Waals surface area contributed by atoms with Gasteiger partial charge in [-0.1, -0.05) is 158 Å². The number of rotatable bonds is 4. The van der Waals surface area contributed by atoms with Crippen LogP contribution in [0.1, 0.15) is 22.3 Å². The maximum Gasteiger partial charge on any atom is 0.160 e. The third kappa shape index (κ3) is 4.30. The van der Waals surface area contributed by atoms with Gasteiger partial charge < -0.3 is 4.74 Å². The minimum absolute atomic E-state index is 0.543. The number of para-hydroxylation sites is 2. The summed E-state index contributed by atoms with van der Waals surface area (Å²) in [7, 11) is 0. The maximum atomic E-state index is 6.55. The van der Waals surface area contributed by atoms with E-state index < -0.39 is 5.41 Å². The van der Waals surface area contributed by atoms with Crippen LogP contribution in [0.3, 0.4) is 0 Å². The Labute approximate surface area is 291 Å². The molecule has 3 heteroatoms. The van der Waals surface area contributed by atoms with E-state index in [1.165, 1.54) is 33.4 Å². The fraction of sp³-hybridized carbons (Fsp3) is 0.0213. The van der Waals surface area contributed by atoms with Gasteiger partial charge in [0, 0.05) is 27.8 Å². The van der Waals surface area contributed by atoms with Gasteiger partial charge in [0.2, 0.25) is 0 Å². The summed E-state index contributed by atoms with van der Waals surface area (Å²) in [5.74, 6) is 2.47. The van der Waals surface area contributed by atoms with Crippen molar-refractivity contribution in [2.45, 2.75) is 5.41 Å².